The van der Waals surface area contributed by atoms with Crippen molar-refractivity contribution in [3.05, 3.63) is 0 Å². The summed E-state index contributed by atoms with van der Waals surface area (Å²) < 4.78 is 40.1. The molecule has 2 nitrogen and oxygen atoms in total. The summed E-state index contributed by atoms with van der Waals surface area (Å²) in [5, 5.41) is 3.30. The maximum absolute atomic E-state index is 11.8. The molecule has 0 spiro atoms. The van der Waals surface area contributed by atoms with Crippen LogP contribution in [0.1, 0.15) is 40.0 Å². The van der Waals surface area contributed by atoms with Gasteiger partial charge < -0.3 is 10.1 Å². The molecular formula is C13H24F3NO. The second-order valence-electron chi connectivity index (χ2n) is 6.23. The average Bonchev–Trinajstić information content (AvgIpc) is 2.11. The Balaban J connectivity index is 2.15. The highest BCUT2D eigenvalue weighted by molar-refractivity contribution is 4.86. The van der Waals surface area contributed by atoms with Gasteiger partial charge in [0.1, 0.15) is 6.61 Å². The largest absolute Gasteiger partial charge is 0.411 e. The number of ether oxygens (including phenoxy) is 1. The summed E-state index contributed by atoms with van der Waals surface area (Å²) in [6, 6.07) is 0.401. The Morgan fingerprint density at radius 1 is 1.28 bits per heavy atom. The second-order valence-corrected chi connectivity index (χ2v) is 6.23. The summed E-state index contributed by atoms with van der Waals surface area (Å²) >= 11 is 0. The molecule has 18 heavy (non-hydrogen) atoms. The van der Waals surface area contributed by atoms with E-state index < -0.39 is 12.8 Å². The molecule has 0 bridgehead atoms. The minimum Gasteiger partial charge on any atom is -0.371 e. The molecule has 1 aliphatic carbocycles. The van der Waals surface area contributed by atoms with Gasteiger partial charge >= 0.3 is 6.18 Å². The molecule has 1 aliphatic rings. The van der Waals surface area contributed by atoms with Crippen LogP contribution in [0.25, 0.3) is 0 Å². The van der Waals surface area contributed by atoms with Crippen LogP contribution in [0, 0.1) is 11.3 Å². The Kier molecular flexibility index (Phi) is 5.46. The van der Waals surface area contributed by atoms with Gasteiger partial charge in [-0.05, 0) is 30.6 Å². The van der Waals surface area contributed by atoms with E-state index in [9.17, 15) is 13.2 Å². The highest BCUT2D eigenvalue weighted by Gasteiger charge is 2.31. The van der Waals surface area contributed by atoms with E-state index in [2.05, 4.69) is 30.8 Å². The molecule has 0 saturated heterocycles. The van der Waals surface area contributed by atoms with Crippen molar-refractivity contribution in [1.29, 1.82) is 0 Å². The van der Waals surface area contributed by atoms with Crippen LogP contribution in [-0.2, 0) is 4.74 Å². The maximum atomic E-state index is 11.8. The van der Waals surface area contributed by atoms with Gasteiger partial charge in [-0.25, -0.2) is 0 Å². The molecule has 1 N–H and O–H groups in total. The molecule has 0 amide bonds. The molecule has 1 rings (SSSR count). The topological polar surface area (TPSA) is 21.3 Å². The Morgan fingerprint density at radius 2 is 1.94 bits per heavy atom. The Bertz CT molecular complexity index is 253. The summed E-state index contributed by atoms with van der Waals surface area (Å²) in [5.41, 5.74) is 0.322. The summed E-state index contributed by atoms with van der Waals surface area (Å²) in [6.45, 7) is 6.18. The number of hydrogen-bond donors (Lipinski definition) is 1. The van der Waals surface area contributed by atoms with Gasteiger partial charge in [0.25, 0.3) is 0 Å². The minimum absolute atomic E-state index is 0.116. The summed E-state index contributed by atoms with van der Waals surface area (Å²) in [7, 11) is 0. The highest BCUT2D eigenvalue weighted by Crippen LogP contribution is 2.38. The molecule has 1 saturated carbocycles. The van der Waals surface area contributed by atoms with Gasteiger partial charge in [0.05, 0.1) is 6.61 Å². The van der Waals surface area contributed by atoms with Crippen molar-refractivity contribution in [1.82, 2.24) is 5.32 Å². The smallest absolute Gasteiger partial charge is 0.371 e. The molecular weight excluding hydrogens is 243 g/mol. The van der Waals surface area contributed by atoms with E-state index >= 15 is 0 Å². The number of alkyl halides is 3. The van der Waals surface area contributed by atoms with Gasteiger partial charge in [0.15, 0.2) is 0 Å². The lowest BCUT2D eigenvalue weighted by molar-refractivity contribution is -0.173. The number of nitrogens with one attached hydrogen (secondary N) is 1. The van der Waals surface area contributed by atoms with Crippen LogP contribution in [-0.4, -0.2) is 32.0 Å². The van der Waals surface area contributed by atoms with Crippen LogP contribution < -0.4 is 5.32 Å². The lowest BCUT2D eigenvalue weighted by atomic mass is 9.70. The van der Waals surface area contributed by atoms with Crippen molar-refractivity contribution in [3.8, 4) is 0 Å². The van der Waals surface area contributed by atoms with Gasteiger partial charge in [0.2, 0.25) is 0 Å². The quantitative estimate of drug-likeness (QED) is 0.771. The molecule has 2 atom stereocenters. The van der Waals surface area contributed by atoms with Crippen LogP contribution >= 0.6 is 0 Å². The molecule has 0 aromatic heterocycles. The summed E-state index contributed by atoms with van der Waals surface area (Å²) in [5.74, 6) is 0.669. The number of halogens is 3. The van der Waals surface area contributed by atoms with E-state index in [4.69, 9.17) is 0 Å². The van der Waals surface area contributed by atoms with Gasteiger partial charge in [0, 0.05) is 12.6 Å². The van der Waals surface area contributed by atoms with Gasteiger partial charge in [-0.2, -0.15) is 13.2 Å². The molecule has 108 valence electrons. The average molecular weight is 267 g/mol. The first-order valence-electron chi connectivity index (χ1n) is 6.56. The lowest BCUT2D eigenvalue weighted by Crippen LogP contribution is -2.41. The zero-order valence-electron chi connectivity index (χ0n) is 11.4. The number of rotatable bonds is 5. The van der Waals surface area contributed by atoms with Crippen LogP contribution in [0.4, 0.5) is 13.2 Å². The molecule has 1 fully saturated rings. The summed E-state index contributed by atoms with van der Waals surface area (Å²) in [6.07, 6.45) is -0.823. The fourth-order valence-corrected chi connectivity index (χ4v) is 3.02. The molecule has 0 aliphatic heterocycles. The Morgan fingerprint density at radius 3 is 2.50 bits per heavy atom. The van der Waals surface area contributed by atoms with Gasteiger partial charge in [-0.1, -0.05) is 20.8 Å². The molecule has 2 unspecified atom stereocenters. The normalized spacial score (nSPS) is 28.3. The predicted molar refractivity (Wildman–Crippen MR) is 65.5 cm³/mol. The monoisotopic (exact) mass is 267 g/mol. The molecule has 0 radical (unpaired) electrons. The fraction of sp³-hybridized carbons (Fsp3) is 1.00. The zero-order valence-corrected chi connectivity index (χ0v) is 11.4. The first-order valence-corrected chi connectivity index (χ1v) is 6.56. The third-order valence-electron chi connectivity index (χ3n) is 3.33. The molecule has 0 heterocycles. The lowest BCUT2D eigenvalue weighted by Gasteiger charge is -2.39. The van der Waals surface area contributed by atoms with Crippen molar-refractivity contribution in [2.75, 3.05) is 19.8 Å². The summed E-state index contributed by atoms with van der Waals surface area (Å²) in [4.78, 5) is 0. The number of hydrogen-bond acceptors (Lipinski definition) is 2. The van der Waals surface area contributed by atoms with Crippen molar-refractivity contribution < 1.29 is 17.9 Å². The van der Waals surface area contributed by atoms with E-state index in [-0.39, 0.29) is 6.61 Å². The molecule has 0 aromatic carbocycles. The van der Waals surface area contributed by atoms with E-state index in [1.54, 1.807) is 0 Å². The minimum atomic E-state index is -4.22. The van der Waals surface area contributed by atoms with Crippen molar-refractivity contribution >= 4 is 0 Å². The van der Waals surface area contributed by atoms with E-state index in [0.29, 0.717) is 23.9 Å². The standard InChI is InChI=1S/C13H24F3NO/c1-10-6-11(8-12(2,3)7-10)17-4-5-18-9-13(14,15)16/h10-11,17H,4-9H2,1-3H3. The van der Waals surface area contributed by atoms with Crippen molar-refractivity contribution in [2.24, 2.45) is 11.3 Å². The first-order chi connectivity index (χ1) is 8.18. The van der Waals surface area contributed by atoms with Crippen LogP contribution in [0.15, 0.2) is 0 Å². The zero-order chi connectivity index (χ0) is 13.8. The second kappa shape index (κ2) is 6.24. The van der Waals surface area contributed by atoms with Gasteiger partial charge in [-0.3, -0.25) is 0 Å². The maximum Gasteiger partial charge on any atom is 0.411 e. The Hall–Kier alpha value is -0.290. The third-order valence-corrected chi connectivity index (χ3v) is 3.33. The van der Waals surface area contributed by atoms with Crippen molar-refractivity contribution in [2.45, 2.75) is 52.3 Å². The van der Waals surface area contributed by atoms with E-state index in [1.807, 2.05) is 0 Å². The molecule has 5 heteroatoms. The van der Waals surface area contributed by atoms with Crippen LogP contribution in [0.5, 0.6) is 0 Å². The van der Waals surface area contributed by atoms with E-state index in [0.717, 1.165) is 12.8 Å². The third kappa shape index (κ3) is 6.59. The van der Waals surface area contributed by atoms with Gasteiger partial charge in [-0.15, -0.1) is 0 Å². The van der Waals surface area contributed by atoms with Crippen LogP contribution in [0.3, 0.4) is 0 Å². The van der Waals surface area contributed by atoms with E-state index in [1.165, 1.54) is 6.42 Å². The van der Waals surface area contributed by atoms with Crippen molar-refractivity contribution in [3.63, 3.8) is 0 Å². The first kappa shape index (κ1) is 15.8. The predicted octanol–water partition coefficient (Wildman–Crippen LogP) is 3.37. The van der Waals surface area contributed by atoms with Crippen LogP contribution in [0.2, 0.25) is 0 Å². The Labute approximate surface area is 107 Å². The highest BCUT2D eigenvalue weighted by atomic mass is 19.4. The SMILES string of the molecule is CC1CC(NCCOCC(F)(F)F)CC(C)(C)C1. The molecule has 0 aromatic rings. The fourth-order valence-electron chi connectivity index (χ4n) is 3.02.